The fourth-order valence-corrected chi connectivity index (χ4v) is 3.06. The summed E-state index contributed by atoms with van der Waals surface area (Å²) in [5, 5.41) is 9.82. The molecule has 1 N–H and O–H groups in total. The molecule has 1 atom stereocenters. The number of aliphatic hydroxyl groups excluding tert-OH is 1. The smallest absolute Gasteiger partial charge is 0.140 e. The minimum atomic E-state index is -0.320. The Morgan fingerprint density at radius 2 is 1.25 bits per heavy atom. The summed E-state index contributed by atoms with van der Waals surface area (Å²) in [7, 11) is 4.36. The molecule has 2 rings (SSSR count). The van der Waals surface area contributed by atoms with Gasteiger partial charge in [-0.1, -0.05) is 60.7 Å². The average molecular weight is 270 g/mol. The lowest BCUT2D eigenvalue weighted by molar-refractivity contribution is -0.917. The van der Waals surface area contributed by atoms with E-state index in [1.807, 2.05) is 19.1 Å². The molecule has 20 heavy (non-hydrogen) atoms. The van der Waals surface area contributed by atoms with Gasteiger partial charge >= 0.3 is 0 Å². The molecule has 0 saturated heterocycles. The summed E-state index contributed by atoms with van der Waals surface area (Å²) in [6.45, 7) is 2.57. The van der Waals surface area contributed by atoms with Crippen LogP contribution in [0.3, 0.4) is 0 Å². The van der Waals surface area contributed by atoms with Gasteiger partial charge in [-0.2, -0.15) is 0 Å². The molecule has 0 radical (unpaired) electrons. The summed E-state index contributed by atoms with van der Waals surface area (Å²) in [5.74, 6) is 0. The minimum absolute atomic E-state index is 0.229. The van der Waals surface area contributed by atoms with Crippen molar-refractivity contribution in [2.45, 2.75) is 19.1 Å². The SMILES string of the molecule is C[C@@H](O)C[N+](C)(C)C(c1ccccc1)c1ccccc1. The van der Waals surface area contributed by atoms with E-state index in [2.05, 4.69) is 62.6 Å². The van der Waals surface area contributed by atoms with Gasteiger partial charge < -0.3 is 9.59 Å². The van der Waals surface area contributed by atoms with E-state index in [1.54, 1.807) is 0 Å². The normalized spacial score (nSPS) is 13.4. The minimum Gasteiger partial charge on any atom is -0.388 e. The number of nitrogens with zero attached hydrogens (tertiary/aromatic N) is 1. The molecule has 2 aromatic rings. The number of quaternary nitrogens is 1. The molecule has 0 unspecified atom stereocenters. The van der Waals surface area contributed by atoms with Crippen molar-refractivity contribution in [1.82, 2.24) is 0 Å². The quantitative estimate of drug-likeness (QED) is 0.827. The molecule has 0 aliphatic rings. The second-order valence-electron chi connectivity index (χ2n) is 6.03. The molecule has 2 aromatic carbocycles. The van der Waals surface area contributed by atoms with E-state index in [0.29, 0.717) is 6.54 Å². The first-order valence-electron chi connectivity index (χ1n) is 7.11. The highest BCUT2D eigenvalue weighted by atomic mass is 16.3. The van der Waals surface area contributed by atoms with Gasteiger partial charge in [-0.3, -0.25) is 0 Å². The van der Waals surface area contributed by atoms with E-state index >= 15 is 0 Å². The van der Waals surface area contributed by atoms with E-state index in [9.17, 15) is 5.11 Å². The molecule has 0 aliphatic heterocycles. The van der Waals surface area contributed by atoms with E-state index < -0.39 is 0 Å². The molecule has 0 saturated carbocycles. The fraction of sp³-hybridized carbons (Fsp3) is 0.333. The molecule has 0 bridgehead atoms. The van der Waals surface area contributed by atoms with E-state index in [0.717, 1.165) is 4.48 Å². The van der Waals surface area contributed by atoms with Crippen molar-refractivity contribution in [3.8, 4) is 0 Å². The number of benzene rings is 2. The Morgan fingerprint density at radius 1 is 0.850 bits per heavy atom. The molecular weight excluding hydrogens is 246 g/mol. The Hall–Kier alpha value is -1.64. The maximum Gasteiger partial charge on any atom is 0.140 e. The number of aliphatic hydroxyl groups is 1. The molecule has 0 fully saturated rings. The first kappa shape index (κ1) is 14.8. The number of hydrogen-bond donors (Lipinski definition) is 1. The predicted octanol–water partition coefficient (Wildman–Crippen LogP) is 3.23. The highest BCUT2D eigenvalue weighted by Crippen LogP contribution is 2.32. The zero-order valence-corrected chi connectivity index (χ0v) is 12.5. The van der Waals surface area contributed by atoms with Crippen LogP contribution in [0.1, 0.15) is 24.1 Å². The highest BCUT2D eigenvalue weighted by Gasteiger charge is 2.32. The van der Waals surface area contributed by atoms with E-state index in [4.69, 9.17) is 0 Å². The van der Waals surface area contributed by atoms with Crippen LogP contribution in [0.2, 0.25) is 0 Å². The largest absolute Gasteiger partial charge is 0.388 e. The zero-order valence-electron chi connectivity index (χ0n) is 12.5. The molecule has 2 nitrogen and oxygen atoms in total. The van der Waals surface area contributed by atoms with Crippen LogP contribution in [0.25, 0.3) is 0 Å². The summed E-state index contributed by atoms with van der Waals surface area (Å²) in [6.07, 6.45) is -0.320. The lowest BCUT2D eigenvalue weighted by Crippen LogP contribution is -2.47. The molecule has 0 amide bonds. The first-order valence-corrected chi connectivity index (χ1v) is 7.11. The summed E-state index contributed by atoms with van der Waals surface area (Å²) in [4.78, 5) is 0. The van der Waals surface area contributed by atoms with Crippen LogP contribution < -0.4 is 0 Å². The van der Waals surface area contributed by atoms with Gasteiger partial charge in [0.05, 0.1) is 14.1 Å². The van der Waals surface area contributed by atoms with Crippen LogP contribution in [-0.4, -0.2) is 36.3 Å². The van der Waals surface area contributed by atoms with Crippen LogP contribution in [-0.2, 0) is 0 Å². The Labute approximate surface area is 121 Å². The number of likely N-dealkylation sites (N-methyl/N-ethyl adjacent to an activating group) is 1. The Bertz CT molecular complexity index is 480. The van der Waals surface area contributed by atoms with Crippen LogP contribution in [0, 0.1) is 0 Å². The summed E-state index contributed by atoms with van der Waals surface area (Å²) < 4.78 is 0.728. The van der Waals surface area contributed by atoms with Gasteiger partial charge in [0.2, 0.25) is 0 Å². The molecule has 106 valence electrons. The molecule has 2 heteroatoms. The lowest BCUT2D eigenvalue weighted by atomic mass is 9.95. The van der Waals surface area contributed by atoms with Gasteiger partial charge in [0.25, 0.3) is 0 Å². The first-order chi connectivity index (χ1) is 9.50. The van der Waals surface area contributed by atoms with Gasteiger partial charge in [0.1, 0.15) is 18.7 Å². The summed E-state index contributed by atoms with van der Waals surface area (Å²) in [5.41, 5.74) is 2.56. The Kier molecular flexibility index (Phi) is 4.58. The van der Waals surface area contributed by atoms with Crippen molar-refractivity contribution in [2.75, 3.05) is 20.6 Å². The maximum atomic E-state index is 9.82. The number of rotatable bonds is 5. The fourth-order valence-electron chi connectivity index (χ4n) is 3.06. The van der Waals surface area contributed by atoms with Crippen molar-refractivity contribution in [3.05, 3.63) is 71.8 Å². The van der Waals surface area contributed by atoms with Gasteiger partial charge in [0.15, 0.2) is 0 Å². The Balaban J connectivity index is 2.45. The standard InChI is InChI=1S/C18H24NO/c1-15(20)14-19(2,3)18(16-10-6-4-7-11-16)17-12-8-5-9-13-17/h4-13,15,18,20H,14H2,1-3H3/q+1/t15-/m1/s1. The van der Waals surface area contributed by atoms with E-state index in [1.165, 1.54) is 11.1 Å². The van der Waals surface area contributed by atoms with E-state index in [-0.39, 0.29) is 12.1 Å². The lowest BCUT2D eigenvalue weighted by Gasteiger charge is -2.39. The average Bonchev–Trinajstić information content (AvgIpc) is 2.39. The van der Waals surface area contributed by atoms with Crippen molar-refractivity contribution in [1.29, 1.82) is 0 Å². The van der Waals surface area contributed by atoms with Crippen LogP contribution in [0.4, 0.5) is 0 Å². The third-order valence-electron chi connectivity index (χ3n) is 3.66. The third-order valence-corrected chi connectivity index (χ3v) is 3.66. The van der Waals surface area contributed by atoms with Crippen molar-refractivity contribution < 1.29 is 9.59 Å². The van der Waals surface area contributed by atoms with Crippen LogP contribution in [0.15, 0.2) is 60.7 Å². The predicted molar refractivity (Wildman–Crippen MR) is 83.4 cm³/mol. The van der Waals surface area contributed by atoms with Gasteiger partial charge in [-0.05, 0) is 6.92 Å². The maximum absolute atomic E-state index is 9.82. The zero-order chi connectivity index (χ0) is 14.6. The second kappa shape index (κ2) is 6.21. The Morgan fingerprint density at radius 3 is 1.60 bits per heavy atom. The topological polar surface area (TPSA) is 20.2 Å². The summed E-state index contributed by atoms with van der Waals surface area (Å²) >= 11 is 0. The molecule has 0 aromatic heterocycles. The van der Waals surface area contributed by atoms with Gasteiger partial charge in [-0.15, -0.1) is 0 Å². The monoisotopic (exact) mass is 270 g/mol. The third kappa shape index (κ3) is 3.47. The van der Waals surface area contributed by atoms with Gasteiger partial charge in [-0.25, -0.2) is 0 Å². The molecule has 0 spiro atoms. The van der Waals surface area contributed by atoms with Crippen molar-refractivity contribution >= 4 is 0 Å². The molecule has 0 aliphatic carbocycles. The van der Waals surface area contributed by atoms with Crippen molar-refractivity contribution in [2.24, 2.45) is 0 Å². The second-order valence-corrected chi connectivity index (χ2v) is 6.03. The van der Waals surface area contributed by atoms with Crippen molar-refractivity contribution in [3.63, 3.8) is 0 Å². The molecule has 0 heterocycles. The molecular formula is C18H24NO+. The highest BCUT2D eigenvalue weighted by molar-refractivity contribution is 5.29. The van der Waals surface area contributed by atoms with Crippen LogP contribution >= 0.6 is 0 Å². The van der Waals surface area contributed by atoms with Crippen LogP contribution in [0.5, 0.6) is 0 Å². The summed E-state index contributed by atoms with van der Waals surface area (Å²) in [6, 6.07) is 21.3. The van der Waals surface area contributed by atoms with Gasteiger partial charge in [0, 0.05) is 11.1 Å². The number of hydrogen-bond acceptors (Lipinski definition) is 1.